The zero-order valence-corrected chi connectivity index (χ0v) is 24.1. The number of rotatable bonds is 9. The Labute approximate surface area is 254 Å². The van der Waals surface area contributed by atoms with Gasteiger partial charge in [-0.05, 0) is 42.5 Å². The van der Waals surface area contributed by atoms with E-state index in [1.165, 1.54) is 6.92 Å². The van der Waals surface area contributed by atoms with Gasteiger partial charge in [-0.25, -0.2) is 0 Å². The summed E-state index contributed by atoms with van der Waals surface area (Å²) in [5, 5.41) is 55.0. The molecule has 0 aromatic heterocycles. The molecule has 2 fully saturated rings. The van der Waals surface area contributed by atoms with Crippen molar-refractivity contribution >= 4 is 28.8 Å². The fraction of sp³-hybridized carbons (Fsp3) is 0.355. The van der Waals surface area contributed by atoms with Gasteiger partial charge in [0.05, 0.1) is 13.2 Å². The Hall–Kier alpha value is -4.24. The van der Waals surface area contributed by atoms with Gasteiger partial charge < -0.3 is 55.9 Å². The predicted molar refractivity (Wildman–Crippen MR) is 163 cm³/mol. The highest BCUT2D eigenvalue weighted by atomic mass is 16.8. The molecule has 9 N–H and O–H groups in total. The van der Waals surface area contributed by atoms with Crippen LogP contribution in [0.5, 0.6) is 5.75 Å². The molecule has 234 valence electrons. The van der Waals surface area contributed by atoms with Gasteiger partial charge in [-0.2, -0.15) is 0 Å². The Morgan fingerprint density at radius 1 is 1.00 bits per heavy atom. The maximum atomic E-state index is 13.9. The van der Waals surface area contributed by atoms with Crippen LogP contribution >= 0.6 is 0 Å². The van der Waals surface area contributed by atoms with E-state index < -0.39 is 42.3 Å². The number of nitrogens with two attached hydrogens (primary N) is 1. The number of carbonyl (C=O) groups excluding carboxylic acids is 1. The van der Waals surface area contributed by atoms with Crippen LogP contribution in [0.2, 0.25) is 0 Å². The molecule has 13 heteroatoms. The molecule has 2 aliphatic rings. The lowest BCUT2D eigenvalue weighted by Gasteiger charge is -2.45. The Bertz CT molecular complexity index is 1470. The monoisotopic (exact) mass is 607 g/mol. The minimum absolute atomic E-state index is 0.0999. The van der Waals surface area contributed by atoms with Gasteiger partial charge in [-0.15, -0.1) is 0 Å². The van der Waals surface area contributed by atoms with Gasteiger partial charge in [-0.1, -0.05) is 30.3 Å². The van der Waals surface area contributed by atoms with Crippen LogP contribution in [0.15, 0.2) is 72.8 Å². The third-order valence-electron chi connectivity index (χ3n) is 7.66. The minimum atomic E-state index is -1.99. The summed E-state index contributed by atoms with van der Waals surface area (Å²) in [5.41, 5.74) is 8.52. The zero-order chi connectivity index (χ0) is 31.4. The molecule has 0 spiro atoms. The number of benzene rings is 3. The molecule has 3 aromatic carbocycles. The van der Waals surface area contributed by atoms with Crippen molar-refractivity contribution in [1.82, 2.24) is 0 Å². The lowest BCUT2D eigenvalue weighted by Crippen LogP contribution is -2.65. The van der Waals surface area contributed by atoms with Crippen molar-refractivity contribution in [3.05, 3.63) is 83.9 Å². The second-order valence-electron chi connectivity index (χ2n) is 10.8. The lowest BCUT2D eigenvalue weighted by atomic mass is 9.96. The van der Waals surface area contributed by atoms with Crippen LogP contribution < -0.4 is 26.0 Å². The number of para-hydroxylation sites is 1. The maximum absolute atomic E-state index is 13.9. The van der Waals surface area contributed by atoms with E-state index in [1.54, 1.807) is 60.7 Å². The van der Waals surface area contributed by atoms with Crippen molar-refractivity contribution in [2.75, 3.05) is 41.8 Å². The van der Waals surface area contributed by atoms with Gasteiger partial charge in [0.25, 0.3) is 5.91 Å². The van der Waals surface area contributed by atoms with Crippen LogP contribution in [0.4, 0.5) is 17.1 Å². The SMILES string of the molecule is CC1(Oc2ccccc2C(Nc2cccc(C(=N)N)c2)C(=O)Nc2ccc(N3CCOCC3)cc2)OC(O)C(O)C(O)C1O. The number of nitrogens with zero attached hydrogens (tertiary/aromatic N) is 1. The summed E-state index contributed by atoms with van der Waals surface area (Å²) in [6, 6.07) is 19.6. The van der Waals surface area contributed by atoms with Gasteiger partial charge in [0.1, 0.15) is 35.9 Å². The van der Waals surface area contributed by atoms with Gasteiger partial charge in [0.2, 0.25) is 5.79 Å². The number of amides is 1. The molecule has 0 aliphatic carbocycles. The van der Waals surface area contributed by atoms with Crippen LogP contribution in [0.1, 0.15) is 24.1 Å². The Morgan fingerprint density at radius 2 is 1.70 bits per heavy atom. The second-order valence-corrected chi connectivity index (χ2v) is 10.8. The Balaban J connectivity index is 1.45. The van der Waals surface area contributed by atoms with Crippen molar-refractivity contribution < 1.29 is 39.4 Å². The number of hydrogen-bond donors (Lipinski definition) is 8. The number of ether oxygens (including phenoxy) is 3. The molecule has 2 aliphatic heterocycles. The molecule has 0 radical (unpaired) electrons. The first-order valence-electron chi connectivity index (χ1n) is 14.2. The summed E-state index contributed by atoms with van der Waals surface area (Å²) in [5.74, 6) is -2.49. The average molecular weight is 608 g/mol. The van der Waals surface area contributed by atoms with Gasteiger partial charge in [0.15, 0.2) is 6.29 Å². The van der Waals surface area contributed by atoms with Crippen LogP contribution in [-0.2, 0) is 14.3 Å². The molecule has 3 aromatic rings. The number of aliphatic hydroxyl groups is 4. The Morgan fingerprint density at radius 3 is 2.41 bits per heavy atom. The largest absolute Gasteiger partial charge is 0.459 e. The van der Waals surface area contributed by atoms with E-state index in [2.05, 4.69) is 15.5 Å². The molecule has 1 amide bonds. The summed E-state index contributed by atoms with van der Waals surface area (Å²) < 4.78 is 16.9. The fourth-order valence-corrected chi connectivity index (χ4v) is 5.18. The standard InChI is InChI=1S/C31H37N5O8/c1-31(27(39)25(37)26(38)30(41)44-31)43-23-8-3-2-7-22(23)24(34-20-6-4-5-18(17-20)28(32)33)29(40)35-19-9-11-21(12-10-19)36-13-15-42-16-14-36/h2-12,17,24-27,30,34,37-39,41H,13-16H2,1H3,(H3,32,33)(H,35,40). The van der Waals surface area contributed by atoms with E-state index in [0.29, 0.717) is 35.7 Å². The summed E-state index contributed by atoms with van der Waals surface area (Å²) >= 11 is 0. The summed E-state index contributed by atoms with van der Waals surface area (Å²) in [7, 11) is 0. The molecule has 5 rings (SSSR count). The number of nitrogens with one attached hydrogen (secondary N) is 3. The fourth-order valence-electron chi connectivity index (χ4n) is 5.18. The first-order chi connectivity index (χ1) is 21.1. The number of anilines is 3. The lowest BCUT2D eigenvalue weighted by molar-refractivity contribution is -0.366. The van der Waals surface area contributed by atoms with E-state index >= 15 is 0 Å². The number of carbonyl (C=O) groups is 1. The van der Waals surface area contributed by atoms with Crippen molar-refractivity contribution in [3.63, 3.8) is 0 Å². The Kier molecular flexibility index (Phi) is 9.34. The quantitative estimate of drug-likeness (QED) is 0.128. The molecule has 2 heterocycles. The number of hydrogen-bond acceptors (Lipinski definition) is 11. The zero-order valence-electron chi connectivity index (χ0n) is 24.1. The first-order valence-corrected chi connectivity index (χ1v) is 14.2. The molecule has 2 saturated heterocycles. The van der Waals surface area contributed by atoms with Crippen LogP contribution in [-0.4, -0.2) is 88.9 Å². The second kappa shape index (κ2) is 13.2. The van der Waals surface area contributed by atoms with Gasteiger partial charge in [0, 0.05) is 48.2 Å². The predicted octanol–water partition coefficient (Wildman–Crippen LogP) is 1.13. The minimum Gasteiger partial charge on any atom is -0.459 e. The van der Waals surface area contributed by atoms with Crippen molar-refractivity contribution in [2.45, 2.75) is 43.4 Å². The van der Waals surface area contributed by atoms with Crippen LogP contribution in [0.25, 0.3) is 0 Å². The van der Waals surface area contributed by atoms with Gasteiger partial charge >= 0.3 is 0 Å². The van der Waals surface area contributed by atoms with Crippen molar-refractivity contribution in [3.8, 4) is 5.75 Å². The molecule has 0 bridgehead atoms. The number of nitrogen functional groups attached to an aromatic ring is 1. The van der Waals surface area contributed by atoms with E-state index in [9.17, 15) is 25.2 Å². The summed E-state index contributed by atoms with van der Waals surface area (Å²) in [6.07, 6.45) is -7.09. The molecular weight excluding hydrogens is 570 g/mol. The van der Waals surface area contributed by atoms with Crippen molar-refractivity contribution in [1.29, 1.82) is 5.41 Å². The van der Waals surface area contributed by atoms with Gasteiger partial charge in [-0.3, -0.25) is 10.2 Å². The number of aliphatic hydroxyl groups excluding tert-OH is 4. The van der Waals surface area contributed by atoms with E-state index in [0.717, 1.165) is 18.8 Å². The highest BCUT2D eigenvalue weighted by Gasteiger charge is 2.52. The van der Waals surface area contributed by atoms with Crippen LogP contribution in [0.3, 0.4) is 0 Å². The molecule has 0 saturated carbocycles. The molecule has 6 unspecified atom stereocenters. The molecule has 13 nitrogen and oxygen atoms in total. The number of morpholine rings is 1. The molecular formula is C31H37N5O8. The third-order valence-corrected chi connectivity index (χ3v) is 7.66. The molecule has 44 heavy (non-hydrogen) atoms. The van der Waals surface area contributed by atoms with E-state index in [-0.39, 0.29) is 11.6 Å². The molecule has 6 atom stereocenters. The highest BCUT2D eigenvalue weighted by molar-refractivity contribution is 5.99. The average Bonchev–Trinajstić information content (AvgIpc) is 3.03. The highest BCUT2D eigenvalue weighted by Crippen LogP contribution is 2.36. The normalized spacial score (nSPS) is 26.0. The maximum Gasteiger partial charge on any atom is 0.251 e. The van der Waals surface area contributed by atoms with Crippen molar-refractivity contribution in [2.24, 2.45) is 5.73 Å². The van der Waals surface area contributed by atoms with Crippen LogP contribution in [0, 0.1) is 5.41 Å². The van der Waals surface area contributed by atoms with E-state index in [1.807, 2.05) is 12.1 Å². The summed E-state index contributed by atoms with van der Waals surface area (Å²) in [6.45, 7) is 4.16. The third kappa shape index (κ3) is 6.78. The summed E-state index contributed by atoms with van der Waals surface area (Å²) in [4.78, 5) is 16.1. The van der Waals surface area contributed by atoms with E-state index in [4.69, 9.17) is 25.4 Å². The topological polar surface area (TPSA) is 203 Å². The number of amidine groups is 1. The smallest absolute Gasteiger partial charge is 0.251 e. The first kappa shape index (κ1) is 31.2.